The first-order chi connectivity index (χ1) is 8.18. The molecule has 0 heterocycles. The van der Waals surface area contributed by atoms with Gasteiger partial charge in [-0.25, -0.2) is 8.78 Å². The fraction of sp³-hybridized carbons (Fsp3) is 0.286. The van der Waals surface area contributed by atoms with Crippen LogP contribution in [-0.2, 0) is 12.8 Å². The number of rotatable bonds is 2. The molecule has 3 heteroatoms. The van der Waals surface area contributed by atoms with E-state index in [0.29, 0.717) is 5.56 Å². The number of hydrogen-bond acceptors (Lipinski definition) is 0. The summed E-state index contributed by atoms with van der Waals surface area (Å²) in [4.78, 5) is -0.882. The average molecular weight is 297 g/mol. The van der Waals surface area contributed by atoms with Crippen molar-refractivity contribution in [2.75, 3.05) is 0 Å². The Labute approximate surface area is 107 Å². The molecule has 88 valence electrons. The van der Waals surface area contributed by atoms with Crippen LogP contribution in [0.2, 0.25) is 0 Å². The molecule has 0 nitrogen and oxygen atoms in total. The van der Waals surface area contributed by atoms with Crippen LogP contribution in [0.15, 0.2) is 30.3 Å². The first-order valence-corrected chi connectivity index (χ1v) is 6.55. The Morgan fingerprint density at radius 1 is 1.00 bits per heavy atom. The molecule has 0 N–H and O–H groups in total. The third-order valence-electron chi connectivity index (χ3n) is 3.43. The van der Waals surface area contributed by atoms with E-state index in [9.17, 15) is 8.78 Å². The molecular formula is C14H11BrF2. The van der Waals surface area contributed by atoms with Crippen LogP contribution in [0.4, 0.5) is 8.78 Å². The van der Waals surface area contributed by atoms with Crippen LogP contribution in [0.1, 0.15) is 21.5 Å². The molecule has 0 amide bonds. The van der Waals surface area contributed by atoms with Crippen LogP contribution >= 0.6 is 15.9 Å². The quantitative estimate of drug-likeness (QED) is 0.708. The van der Waals surface area contributed by atoms with Gasteiger partial charge in [0.2, 0.25) is 0 Å². The van der Waals surface area contributed by atoms with Crippen LogP contribution < -0.4 is 0 Å². The molecular weight excluding hydrogens is 286 g/mol. The molecule has 1 aliphatic carbocycles. The maximum Gasteiger partial charge on any atom is 0.255 e. The minimum atomic E-state index is -2.38. The van der Waals surface area contributed by atoms with E-state index in [4.69, 9.17) is 0 Å². The minimum absolute atomic E-state index is 0.697. The van der Waals surface area contributed by atoms with Crippen molar-refractivity contribution in [2.45, 2.75) is 24.1 Å². The van der Waals surface area contributed by atoms with E-state index >= 15 is 0 Å². The SMILES string of the molecule is FC(F)C(Br)c1ccc2c3c(cccc13)CC2. The number of alkyl halides is 3. The van der Waals surface area contributed by atoms with E-state index in [2.05, 4.69) is 22.0 Å². The molecule has 0 bridgehead atoms. The third kappa shape index (κ3) is 1.68. The van der Waals surface area contributed by atoms with Gasteiger partial charge in [0.15, 0.2) is 0 Å². The first kappa shape index (κ1) is 11.1. The van der Waals surface area contributed by atoms with Crippen molar-refractivity contribution in [2.24, 2.45) is 0 Å². The van der Waals surface area contributed by atoms with E-state index in [1.807, 2.05) is 24.3 Å². The standard InChI is InChI=1S/C14H11BrF2/c15-13(14(16)17)11-7-6-9-5-4-8-2-1-3-10(11)12(8)9/h1-3,6-7,13-14H,4-5H2. The van der Waals surface area contributed by atoms with Gasteiger partial charge in [-0.2, -0.15) is 0 Å². The molecule has 0 saturated carbocycles. The lowest BCUT2D eigenvalue weighted by atomic mass is 9.98. The highest BCUT2D eigenvalue weighted by Gasteiger charge is 2.23. The topological polar surface area (TPSA) is 0 Å². The predicted molar refractivity (Wildman–Crippen MR) is 69.0 cm³/mol. The summed E-state index contributed by atoms with van der Waals surface area (Å²) in [6.07, 6.45) is -0.330. The molecule has 1 atom stereocenters. The van der Waals surface area contributed by atoms with Gasteiger partial charge < -0.3 is 0 Å². The van der Waals surface area contributed by atoms with Gasteiger partial charge in [0.05, 0.1) is 0 Å². The van der Waals surface area contributed by atoms with Crippen molar-refractivity contribution >= 4 is 26.7 Å². The molecule has 2 aromatic rings. The van der Waals surface area contributed by atoms with Crippen molar-refractivity contribution in [3.63, 3.8) is 0 Å². The van der Waals surface area contributed by atoms with Gasteiger partial charge >= 0.3 is 0 Å². The molecule has 0 spiro atoms. The van der Waals surface area contributed by atoms with Crippen molar-refractivity contribution in [3.05, 3.63) is 47.0 Å². The maximum atomic E-state index is 12.8. The van der Waals surface area contributed by atoms with E-state index in [1.54, 1.807) is 0 Å². The van der Waals surface area contributed by atoms with Crippen molar-refractivity contribution < 1.29 is 8.78 Å². The fourth-order valence-electron chi connectivity index (χ4n) is 2.65. The smallest absolute Gasteiger partial charge is 0.209 e. The van der Waals surface area contributed by atoms with Crippen molar-refractivity contribution in [3.8, 4) is 0 Å². The highest BCUT2D eigenvalue weighted by molar-refractivity contribution is 9.09. The van der Waals surface area contributed by atoms with Crippen LogP contribution in [0.3, 0.4) is 0 Å². The second-order valence-corrected chi connectivity index (χ2v) is 5.38. The molecule has 0 saturated heterocycles. The largest absolute Gasteiger partial charge is 0.255 e. The molecule has 2 aromatic carbocycles. The normalized spacial score (nSPS) is 15.8. The second kappa shape index (κ2) is 4.05. The number of benzene rings is 2. The van der Waals surface area contributed by atoms with Crippen LogP contribution in [0.5, 0.6) is 0 Å². The van der Waals surface area contributed by atoms with Crippen LogP contribution in [0.25, 0.3) is 10.8 Å². The summed E-state index contributed by atoms with van der Waals surface area (Å²) >= 11 is 3.09. The van der Waals surface area contributed by atoms with E-state index in [-0.39, 0.29) is 0 Å². The van der Waals surface area contributed by atoms with Gasteiger partial charge in [-0.3, -0.25) is 0 Å². The lowest BCUT2D eigenvalue weighted by Gasteiger charge is -2.13. The Morgan fingerprint density at radius 3 is 2.41 bits per heavy atom. The molecule has 0 aromatic heterocycles. The predicted octanol–water partition coefficient (Wildman–Crippen LogP) is 4.64. The van der Waals surface area contributed by atoms with Gasteiger partial charge in [-0.05, 0) is 40.3 Å². The number of hydrogen-bond donors (Lipinski definition) is 0. The minimum Gasteiger partial charge on any atom is -0.209 e. The Bertz CT molecular complexity index is 567. The van der Waals surface area contributed by atoms with Crippen molar-refractivity contribution in [1.82, 2.24) is 0 Å². The zero-order valence-corrected chi connectivity index (χ0v) is 10.7. The van der Waals surface area contributed by atoms with E-state index in [1.165, 1.54) is 16.5 Å². The van der Waals surface area contributed by atoms with Gasteiger partial charge in [-0.15, -0.1) is 0 Å². The Morgan fingerprint density at radius 2 is 1.71 bits per heavy atom. The van der Waals surface area contributed by atoms with Gasteiger partial charge in [0, 0.05) is 0 Å². The van der Waals surface area contributed by atoms with Crippen LogP contribution in [0, 0.1) is 0 Å². The van der Waals surface area contributed by atoms with Crippen molar-refractivity contribution in [1.29, 1.82) is 0 Å². The molecule has 17 heavy (non-hydrogen) atoms. The Balaban J connectivity index is 2.29. The molecule has 1 aliphatic rings. The summed E-state index contributed by atoms with van der Waals surface area (Å²) in [5, 5.41) is 2.16. The van der Waals surface area contributed by atoms with Gasteiger partial charge in [0.25, 0.3) is 6.43 Å². The maximum absolute atomic E-state index is 12.8. The summed E-state index contributed by atoms with van der Waals surface area (Å²) in [5.41, 5.74) is 3.27. The monoisotopic (exact) mass is 296 g/mol. The Hall–Kier alpha value is -0.960. The molecule has 0 fully saturated rings. The van der Waals surface area contributed by atoms with E-state index < -0.39 is 11.3 Å². The zero-order valence-electron chi connectivity index (χ0n) is 9.09. The lowest BCUT2D eigenvalue weighted by Crippen LogP contribution is -2.02. The highest BCUT2D eigenvalue weighted by atomic mass is 79.9. The summed E-state index contributed by atoms with van der Waals surface area (Å²) < 4.78 is 25.6. The van der Waals surface area contributed by atoms with Gasteiger partial charge in [-0.1, -0.05) is 46.3 Å². The summed E-state index contributed by atoms with van der Waals surface area (Å²) in [5.74, 6) is 0. The summed E-state index contributed by atoms with van der Waals surface area (Å²) in [7, 11) is 0. The lowest BCUT2D eigenvalue weighted by molar-refractivity contribution is 0.148. The second-order valence-electron chi connectivity index (χ2n) is 4.39. The summed E-state index contributed by atoms with van der Waals surface area (Å²) in [6, 6.07) is 9.82. The molecule has 0 aliphatic heterocycles. The number of halogens is 3. The first-order valence-electron chi connectivity index (χ1n) is 5.64. The molecule has 0 radical (unpaired) electrons. The third-order valence-corrected chi connectivity index (χ3v) is 4.32. The average Bonchev–Trinajstić information content (AvgIpc) is 2.74. The highest BCUT2D eigenvalue weighted by Crippen LogP contribution is 2.39. The van der Waals surface area contributed by atoms with Gasteiger partial charge in [0.1, 0.15) is 4.83 Å². The zero-order chi connectivity index (χ0) is 12.0. The molecule has 1 unspecified atom stereocenters. The fourth-order valence-corrected chi connectivity index (χ4v) is 3.04. The number of aryl methyl sites for hydroxylation is 2. The Kier molecular flexibility index (Phi) is 2.66. The molecule has 3 rings (SSSR count). The summed E-state index contributed by atoms with van der Waals surface area (Å²) in [6.45, 7) is 0. The van der Waals surface area contributed by atoms with Crippen LogP contribution in [-0.4, -0.2) is 6.43 Å². The van der Waals surface area contributed by atoms with E-state index in [0.717, 1.165) is 18.2 Å².